The van der Waals surface area contributed by atoms with Crippen molar-refractivity contribution in [3.63, 3.8) is 0 Å². The molecule has 154 valence electrons. The van der Waals surface area contributed by atoms with E-state index >= 15 is 0 Å². The van der Waals surface area contributed by atoms with Crippen molar-refractivity contribution in [1.29, 1.82) is 0 Å². The van der Waals surface area contributed by atoms with Gasteiger partial charge in [0.25, 0.3) is 0 Å². The minimum Gasteiger partial charge on any atom is -0.497 e. The second-order valence-electron chi connectivity index (χ2n) is 8.10. The van der Waals surface area contributed by atoms with Gasteiger partial charge in [-0.15, -0.1) is 0 Å². The van der Waals surface area contributed by atoms with Crippen LogP contribution in [0.4, 0.5) is 0 Å². The van der Waals surface area contributed by atoms with Crippen LogP contribution in [0.1, 0.15) is 29.9 Å². The van der Waals surface area contributed by atoms with Crippen molar-refractivity contribution in [2.75, 3.05) is 34.4 Å². The number of ether oxygens (including phenoxy) is 2. The molecule has 2 aromatic rings. The SMILES string of the molecule is COc1ccc([C@H]2CN(C)[C@@H]3CCCN(C(=O)Cc4ccccc4OC)[C@H]23)cc1. The zero-order valence-electron chi connectivity index (χ0n) is 17.5. The maximum Gasteiger partial charge on any atom is 0.227 e. The van der Waals surface area contributed by atoms with Crippen LogP contribution in [0.3, 0.4) is 0 Å². The summed E-state index contributed by atoms with van der Waals surface area (Å²) in [5.41, 5.74) is 2.23. The Hall–Kier alpha value is -2.53. The number of likely N-dealkylation sites (tertiary alicyclic amines) is 2. The smallest absolute Gasteiger partial charge is 0.227 e. The number of nitrogens with zero attached hydrogens (tertiary/aromatic N) is 2. The van der Waals surface area contributed by atoms with Gasteiger partial charge in [-0.05, 0) is 43.7 Å². The largest absolute Gasteiger partial charge is 0.497 e. The average Bonchev–Trinajstić information content (AvgIpc) is 3.11. The summed E-state index contributed by atoms with van der Waals surface area (Å²) in [5, 5.41) is 0. The van der Waals surface area contributed by atoms with Gasteiger partial charge in [0.2, 0.25) is 5.91 Å². The summed E-state index contributed by atoms with van der Waals surface area (Å²) in [4.78, 5) is 18.0. The van der Waals surface area contributed by atoms with Crippen molar-refractivity contribution in [3.05, 3.63) is 59.7 Å². The molecule has 0 N–H and O–H groups in total. The van der Waals surface area contributed by atoms with Gasteiger partial charge in [-0.3, -0.25) is 4.79 Å². The second-order valence-corrected chi connectivity index (χ2v) is 8.10. The van der Waals surface area contributed by atoms with Gasteiger partial charge < -0.3 is 19.3 Å². The fourth-order valence-electron chi connectivity index (χ4n) is 5.08. The Balaban J connectivity index is 1.59. The van der Waals surface area contributed by atoms with E-state index in [4.69, 9.17) is 9.47 Å². The molecule has 2 aromatic carbocycles. The van der Waals surface area contributed by atoms with Crippen molar-refractivity contribution in [1.82, 2.24) is 9.80 Å². The zero-order valence-corrected chi connectivity index (χ0v) is 17.5. The number of benzene rings is 2. The number of rotatable bonds is 5. The molecule has 1 amide bonds. The van der Waals surface area contributed by atoms with E-state index in [1.54, 1.807) is 14.2 Å². The number of hydrogen-bond donors (Lipinski definition) is 0. The summed E-state index contributed by atoms with van der Waals surface area (Å²) in [7, 11) is 5.54. The molecule has 4 rings (SSSR count). The van der Waals surface area contributed by atoms with E-state index in [1.165, 1.54) is 5.56 Å². The molecular weight excluding hydrogens is 364 g/mol. The van der Waals surface area contributed by atoms with Gasteiger partial charge in [-0.1, -0.05) is 30.3 Å². The lowest BCUT2D eigenvalue weighted by molar-refractivity contribution is -0.135. The summed E-state index contributed by atoms with van der Waals surface area (Å²) in [6, 6.07) is 16.8. The van der Waals surface area contributed by atoms with Gasteiger partial charge in [-0.2, -0.15) is 0 Å². The third kappa shape index (κ3) is 3.84. The summed E-state index contributed by atoms with van der Waals surface area (Å²) in [6.45, 7) is 1.80. The Bertz CT molecular complexity index is 851. The Kier molecular flexibility index (Phi) is 5.76. The number of likely N-dealkylation sites (N-methyl/N-ethyl adjacent to an activating group) is 1. The molecule has 5 nitrogen and oxygen atoms in total. The van der Waals surface area contributed by atoms with Gasteiger partial charge in [0.15, 0.2) is 0 Å². The first kappa shape index (κ1) is 19.8. The van der Waals surface area contributed by atoms with E-state index in [9.17, 15) is 4.79 Å². The molecule has 0 saturated carbocycles. The highest BCUT2D eigenvalue weighted by Gasteiger charge is 2.47. The summed E-state index contributed by atoms with van der Waals surface area (Å²) in [6.07, 6.45) is 2.58. The minimum atomic E-state index is 0.193. The van der Waals surface area contributed by atoms with Crippen molar-refractivity contribution in [3.8, 4) is 11.5 Å². The highest BCUT2D eigenvalue weighted by atomic mass is 16.5. The molecular formula is C24H30N2O3. The third-order valence-electron chi connectivity index (χ3n) is 6.51. The molecule has 2 fully saturated rings. The molecule has 2 aliphatic rings. The zero-order chi connectivity index (χ0) is 20.4. The molecule has 0 aliphatic carbocycles. The Morgan fingerprint density at radius 3 is 2.55 bits per heavy atom. The molecule has 2 heterocycles. The Labute approximate surface area is 173 Å². The number of fused-ring (bicyclic) bond motifs is 1. The maximum atomic E-state index is 13.4. The highest BCUT2D eigenvalue weighted by Crippen LogP contribution is 2.40. The van der Waals surface area contributed by atoms with E-state index in [2.05, 4.69) is 29.0 Å². The van der Waals surface area contributed by atoms with Crippen LogP contribution in [-0.2, 0) is 11.2 Å². The molecule has 29 heavy (non-hydrogen) atoms. The number of piperidine rings is 1. The number of para-hydroxylation sites is 1. The number of carbonyl (C=O) groups is 1. The van der Waals surface area contributed by atoms with E-state index in [0.717, 1.165) is 43.0 Å². The normalized spacial score (nSPS) is 24.2. The number of carbonyl (C=O) groups excluding carboxylic acids is 1. The number of hydrogen-bond acceptors (Lipinski definition) is 4. The lowest BCUT2D eigenvalue weighted by Crippen LogP contribution is -2.53. The maximum absolute atomic E-state index is 13.4. The molecule has 5 heteroatoms. The van der Waals surface area contributed by atoms with E-state index in [-0.39, 0.29) is 11.9 Å². The number of amides is 1. The van der Waals surface area contributed by atoms with Crippen LogP contribution < -0.4 is 9.47 Å². The van der Waals surface area contributed by atoms with Gasteiger partial charge in [-0.25, -0.2) is 0 Å². The molecule has 2 saturated heterocycles. The van der Waals surface area contributed by atoms with Crippen LogP contribution in [0, 0.1) is 0 Å². The van der Waals surface area contributed by atoms with Crippen LogP contribution in [0.15, 0.2) is 48.5 Å². The molecule has 0 aromatic heterocycles. The van der Waals surface area contributed by atoms with E-state index in [0.29, 0.717) is 18.4 Å². The molecule has 2 aliphatic heterocycles. The Morgan fingerprint density at radius 1 is 1.07 bits per heavy atom. The van der Waals surface area contributed by atoms with Crippen LogP contribution >= 0.6 is 0 Å². The van der Waals surface area contributed by atoms with E-state index < -0.39 is 0 Å². The monoisotopic (exact) mass is 394 g/mol. The van der Waals surface area contributed by atoms with E-state index in [1.807, 2.05) is 36.4 Å². The average molecular weight is 395 g/mol. The lowest BCUT2D eigenvalue weighted by Gasteiger charge is -2.41. The predicted molar refractivity (Wildman–Crippen MR) is 114 cm³/mol. The van der Waals surface area contributed by atoms with Gasteiger partial charge >= 0.3 is 0 Å². The van der Waals surface area contributed by atoms with Crippen LogP contribution in [0.2, 0.25) is 0 Å². The lowest BCUT2D eigenvalue weighted by atomic mass is 9.85. The molecule has 3 atom stereocenters. The van der Waals surface area contributed by atoms with Gasteiger partial charge in [0, 0.05) is 30.6 Å². The first-order chi connectivity index (χ1) is 14.1. The van der Waals surface area contributed by atoms with Gasteiger partial charge in [0.1, 0.15) is 11.5 Å². The number of methoxy groups -OCH3 is 2. The summed E-state index contributed by atoms with van der Waals surface area (Å²) in [5.74, 6) is 2.16. The first-order valence-corrected chi connectivity index (χ1v) is 10.4. The highest BCUT2D eigenvalue weighted by molar-refractivity contribution is 5.80. The summed E-state index contributed by atoms with van der Waals surface area (Å²) >= 11 is 0. The molecule has 0 spiro atoms. The standard InChI is InChI=1S/C24H30N2O3/c1-25-16-20(17-10-12-19(28-2)13-11-17)24-21(25)8-6-14-26(24)23(27)15-18-7-4-5-9-22(18)29-3/h4-5,7,9-13,20-21,24H,6,8,14-16H2,1-3H3/t20-,21-,24-/m1/s1. The van der Waals surface area contributed by atoms with Gasteiger partial charge in [0.05, 0.1) is 26.7 Å². The molecule has 0 radical (unpaired) electrons. The fourth-order valence-corrected chi connectivity index (χ4v) is 5.08. The molecule has 0 bridgehead atoms. The van der Waals surface area contributed by atoms with Crippen LogP contribution in [0.5, 0.6) is 11.5 Å². The molecule has 0 unspecified atom stereocenters. The fraction of sp³-hybridized carbons (Fsp3) is 0.458. The van der Waals surface area contributed by atoms with Crippen molar-refractivity contribution >= 4 is 5.91 Å². The van der Waals surface area contributed by atoms with Crippen LogP contribution in [0.25, 0.3) is 0 Å². The van der Waals surface area contributed by atoms with Crippen molar-refractivity contribution < 1.29 is 14.3 Å². The summed E-state index contributed by atoms with van der Waals surface area (Å²) < 4.78 is 10.8. The predicted octanol–water partition coefficient (Wildman–Crippen LogP) is 3.34. The second kappa shape index (κ2) is 8.46. The van der Waals surface area contributed by atoms with Crippen molar-refractivity contribution in [2.24, 2.45) is 0 Å². The van der Waals surface area contributed by atoms with Crippen LogP contribution in [-0.4, -0.2) is 62.1 Å². The Morgan fingerprint density at radius 2 is 1.83 bits per heavy atom. The topological polar surface area (TPSA) is 42.0 Å². The first-order valence-electron chi connectivity index (χ1n) is 10.4. The quantitative estimate of drug-likeness (QED) is 0.780. The minimum absolute atomic E-state index is 0.193. The third-order valence-corrected chi connectivity index (χ3v) is 6.51. The van der Waals surface area contributed by atoms with Crippen molar-refractivity contribution in [2.45, 2.75) is 37.3 Å².